The molecule has 0 atom stereocenters. The van der Waals surface area contributed by atoms with Crippen LogP contribution in [0.2, 0.25) is 0 Å². The highest BCUT2D eigenvalue weighted by molar-refractivity contribution is 5.89. The van der Waals surface area contributed by atoms with Gasteiger partial charge in [0.05, 0.1) is 35.2 Å². The number of benzene rings is 3. The molecule has 0 radical (unpaired) electrons. The summed E-state index contributed by atoms with van der Waals surface area (Å²) in [5, 5.41) is 15.2. The van der Waals surface area contributed by atoms with Crippen molar-refractivity contribution >= 4 is 34.1 Å². The van der Waals surface area contributed by atoms with Gasteiger partial charge in [0.15, 0.2) is 5.76 Å². The summed E-state index contributed by atoms with van der Waals surface area (Å²) >= 11 is 0. The van der Waals surface area contributed by atoms with Crippen molar-refractivity contribution in [2.24, 2.45) is 5.10 Å². The minimum atomic E-state index is -0.995. The molecule has 0 bridgehead atoms. The fraction of sp³-hybridized carbons (Fsp3) is 0.0968. The maximum Gasteiger partial charge on any atom is 0.335 e. The maximum absolute atomic E-state index is 13.6. The molecule has 0 spiro atoms. The molecule has 0 aliphatic carbocycles. The first-order chi connectivity index (χ1) is 19.4. The van der Waals surface area contributed by atoms with E-state index in [2.05, 4.69) is 5.10 Å². The highest BCUT2D eigenvalue weighted by atomic mass is 16.5. The van der Waals surface area contributed by atoms with Crippen LogP contribution in [0.5, 0.6) is 5.75 Å². The summed E-state index contributed by atoms with van der Waals surface area (Å²) in [7, 11) is 1.59. The molecule has 0 unspecified atom stereocenters. The van der Waals surface area contributed by atoms with E-state index in [0.29, 0.717) is 28.0 Å². The van der Waals surface area contributed by atoms with Crippen LogP contribution in [-0.2, 0) is 0 Å². The molecule has 3 aromatic carbocycles. The van der Waals surface area contributed by atoms with Gasteiger partial charge in [0.1, 0.15) is 11.3 Å². The van der Waals surface area contributed by atoms with Crippen molar-refractivity contribution in [3.63, 3.8) is 0 Å². The van der Waals surface area contributed by atoms with Crippen LogP contribution in [-0.4, -0.2) is 38.6 Å². The second kappa shape index (κ2) is 9.70. The third kappa shape index (κ3) is 4.14. The van der Waals surface area contributed by atoms with Crippen molar-refractivity contribution in [2.45, 2.75) is 13.8 Å². The Morgan fingerprint density at radius 2 is 1.80 bits per heavy atom. The number of hydrogen-bond acceptors (Lipinski definition) is 6. The SMILES string of the molecule is COc1cccc2oc(-c3nc4ccccc4c(=O)n3N=Cc3cc(C)n(-c4cccc(C(=O)O)c4)c3C)cc12. The van der Waals surface area contributed by atoms with Gasteiger partial charge in [0.25, 0.3) is 5.56 Å². The molecule has 9 heteroatoms. The molecule has 198 valence electrons. The molecular formula is C31H24N4O5. The summed E-state index contributed by atoms with van der Waals surface area (Å²) in [5.74, 6) is 0.270. The Balaban J connectivity index is 1.50. The van der Waals surface area contributed by atoms with Gasteiger partial charge in [-0.1, -0.05) is 24.3 Å². The Bertz CT molecular complexity index is 2030. The van der Waals surface area contributed by atoms with Crippen LogP contribution >= 0.6 is 0 Å². The Labute approximate surface area is 228 Å². The highest BCUT2D eigenvalue weighted by Gasteiger charge is 2.18. The normalized spacial score (nSPS) is 11.6. The number of methoxy groups -OCH3 is 1. The number of nitrogens with zero attached hydrogens (tertiary/aromatic N) is 4. The average Bonchev–Trinajstić information content (AvgIpc) is 3.52. The van der Waals surface area contributed by atoms with Gasteiger partial charge < -0.3 is 18.8 Å². The average molecular weight is 533 g/mol. The monoisotopic (exact) mass is 532 g/mol. The third-order valence-corrected chi connectivity index (χ3v) is 6.85. The molecule has 6 rings (SSSR count). The molecule has 0 aliphatic rings. The number of fused-ring (bicyclic) bond motifs is 2. The fourth-order valence-electron chi connectivity index (χ4n) is 4.93. The summed E-state index contributed by atoms with van der Waals surface area (Å²) in [4.78, 5) is 29.9. The summed E-state index contributed by atoms with van der Waals surface area (Å²) in [6, 6.07) is 23.0. The summed E-state index contributed by atoms with van der Waals surface area (Å²) < 4.78 is 14.8. The zero-order valence-electron chi connectivity index (χ0n) is 22.0. The third-order valence-electron chi connectivity index (χ3n) is 6.85. The number of furan rings is 1. The number of aromatic nitrogens is 3. The van der Waals surface area contributed by atoms with E-state index in [1.54, 1.807) is 55.8 Å². The molecule has 9 nitrogen and oxygen atoms in total. The van der Waals surface area contributed by atoms with E-state index >= 15 is 0 Å². The lowest BCUT2D eigenvalue weighted by atomic mass is 10.2. The Morgan fingerprint density at radius 3 is 2.60 bits per heavy atom. The molecule has 3 heterocycles. The van der Waals surface area contributed by atoms with Crippen LogP contribution in [0.3, 0.4) is 0 Å². The van der Waals surface area contributed by atoms with Crippen molar-refractivity contribution in [3.05, 3.63) is 112 Å². The lowest BCUT2D eigenvalue weighted by Gasteiger charge is -2.10. The predicted octanol–water partition coefficient (Wildman–Crippen LogP) is 5.81. The first kappa shape index (κ1) is 24.9. The molecule has 1 N–H and O–H groups in total. The number of ether oxygens (including phenoxy) is 1. The van der Waals surface area contributed by atoms with Crippen LogP contribution in [0, 0.1) is 13.8 Å². The molecular weight excluding hydrogens is 508 g/mol. The standard InChI is InChI=1S/C31H24N4O5/c1-18-14-21(19(2)34(18)22-9-6-8-20(15-22)31(37)38)17-32-35-29(33-25-11-5-4-10-23(25)30(35)36)28-16-24-26(39-3)12-7-13-27(24)40-28/h4-17H,1-3H3,(H,37,38). The molecule has 0 saturated carbocycles. The molecule has 0 aliphatic heterocycles. The quantitative estimate of drug-likeness (QED) is 0.271. The van der Waals surface area contributed by atoms with Crippen molar-refractivity contribution in [1.29, 1.82) is 0 Å². The van der Waals surface area contributed by atoms with Crippen LogP contribution < -0.4 is 10.3 Å². The van der Waals surface area contributed by atoms with Gasteiger partial charge in [-0.25, -0.2) is 9.78 Å². The number of carboxylic acid groups (broad SMARTS) is 1. The highest BCUT2D eigenvalue weighted by Crippen LogP contribution is 2.33. The molecule has 0 fully saturated rings. The largest absolute Gasteiger partial charge is 0.496 e. The topological polar surface area (TPSA) is 112 Å². The Morgan fingerprint density at radius 1 is 1.00 bits per heavy atom. The van der Waals surface area contributed by atoms with Crippen LogP contribution in [0.25, 0.3) is 39.1 Å². The van der Waals surface area contributed by atoms with Gasteiger partial charge in [0, 0.05) is 22.6 Å². The van der Waals surface area contributed by atoms with Crippen LogP contribution in [0.15, 0.2) is 93.2 Å². The zero-order valence-corrected chi connectivity index (χ0v) is 22.0. The number of rotatable bonds is 6. The lowest BCUT2D eigenvalue weighted by Crippen LogP contribution is -2.20. The van der Waals surface area contributed by atoms with Gasteiger partial charge in [0.2, 0.25) is 5.82 Å². The van der Waals surface area contributed by atoms with E-state index in [4.69, 9.17) is 14.1 Å². The maximum atomic E-state index is 13.6. The van der Waals surface area contributed by atoms with Crippen molar-refractivity contribution in [1.82, 2.24) is 14.2 Å². The first-order valence-corrected chi connectivity index (χ1v) is 12.5. The van der Waals surface area contributed by atoms with E-state index in [9.17, 15) is 14.7 Å². The van der Waals surface area contributed by atoms with E-state index in [0.717, 1.165) is 28.0 Å². The van der Waals surface area contributed by atoms with E-state index in [1.165, 1.54) is 4.68 Å². The number of carbonyl (C=O) groups is 1. The van der Waals surface area contributed by atoms with Crippen molar-refractivity contribution in [3.8, 4) is 23.0 Å². The predicted molar refractivity (Wildman–Crippen MR) is 153 cm³/mol. The van der Waals surface area contributed by atoms with E-state index in [-0.39, 0.29) is 16.9 Å². The van der Waals surface area contributed by atoms with Crippen LogP contribution in [0.1, 0.15) is 27.3 Å². The zero-order chi connectivity index (χ0) is 28.0. The minimum Gasteiger partial charge on any atom is -0.496 e. The first-order valence-electron chi connectivity index (χ1n) is 12.5. The number of aryl methyl sites for hydroxylation is 1. The summed E-state index contributed by atoms with van der Waals surface area (Å²) in [6.07, 6.45) is 1.60. The second-order valence-electron chi connectivity index (χ2n) is 9.31. The Hall–Kier alpha value is -5.44. The number of carboxylic acids is 1. The van der Waals surface area contributed by atoms with Gasteiger partial charge in [-0.2, -0.15) is 9.78 Å². The summed E-state index contributed by atoms with van der Waals surface area (Å²) in [6.45, 7) is 3.84. The lowest BCUT2D eigenvalue weighted by molar-refractivity contribution is 0.0697. The van der Waals surface area contributed by atoms with E-state index in [1.807, 2.05) is 54.8 Å². The van der Waals surface area contributed by atoms with Gasteiger partial charge in [-0.15, -0.1) is 0 Å². The fourth-order valence-corrected chi connectivity index (χ4v) is 4.93. The molecule has 40 heavy (non-hydrogen) atoms. The molecule has 3 aromatic heterocycles. The second-order valence-corrected chi connectivity index (χ2v) is 9.31. The number of hydrogen-bond donors (Lipinski definition) is 1. The van der Waals surface area contributed by atoms with Crippen LogP contribution in [0.4, 0.5) is 0 Å². The molecule has 0 amide bonds. The number of para-hydroxylation sites is 1. The van der Waals surface area contributed by atoms with Gasteiger partial charge in [-0.05, 0) is 68.4 Å². The van der Waals surface area contributed by atoms with Gasteiger partial charge in [-0.3, -0.25) is 4.79 Å². The molecule has 0 saturated heterocycles. The molecule has 6 aromatic rings. The summed E-state index contributed by atoms with van der Waals surface area (Å²) in [5.41, 5.74) is 4.17. The van der Waals surface area contributed by atoms with Gasteiger partial charge >= 0.3 is 5.97 Å². The van der Waals surface area contributed by atoms with Crippen molar-refractivity contribution < 1.29 is 19.1 Å². The van der Waals surface area contributed by atoms with Crippen molar-refractivity contribution in [2.75, 3.05) is 7.11 Å². The van der Waals surface area contributed by atoms with E-state index < -0.39 is 5.97 Å². The number of aromatic carboxylic acids is 1. The Kier molecular flexibility index (Phi) is 6.03. The minimum absolute atomic E-state index is 0.195. The smallest absolute Gasteiger partial charge is 0.335 e.